The van der Waals surface area contributed by atoms with Crippen LogP contribution in [0.3, 0.4) is 0 Å². The highest BCUT2D eigenvalue weighted by molar-refractivity contribution is 5.88. The molecule has 0 N–H and O–H groups in total. The molecule has 0 bridgehead atoms. The summed E-state index contributed by atoms with van der Waals surface area (Å²) in [5.74, 6) is 5.52. The third kappa shape index (κ3) is 57.6. The third-order valence-electron chi connectivity index (χ3n) is 9.53. The molecule has 0 aromatic rings. The van der Waals surface area contributed by atoms with E-state index < -0.39 is 0 Å². The summed E-state index contributed by atoms with van der Waals surface area (Å²) >= 11 is 0. The number of carbonyl (C=O) groups excluding carboxylic acids is 7. The maximum absolute atomic E-state index is 11.2. The minimum absolute atomic E-state index is 0.0602. The van der Waals surface area contributed by atoms with Crippen molar-refractivity contribution in [1.82, 2.24) is 0 Å². The number of hydrogen-bond donors (Lipinski definition) is 0. The van der Waals surface area contributed by atoms with Gasteiger partial charge in [-0.15, -0.1) is 0 Å². The highest BCUT2D eigenvalue weighted by atomic mass is 16.5. The van der Waals surface area contributed by atoms with Crippen molar-refractivity contribution < 1.29 is 38.3 Å². The molecule has 0 aromatic heterocycles. The van der Waals surface area contributed by atoms with Crippen LogP contribution >= 0.6 is 0 Å². The zero-order valence-corrected chi connectivity index (χ0v) is 43.9. The van der Waals surface area contributed by atoms with Gasteiger partial charge < -0.3 is 4.74 Å². The van der Waals surface area contributed by atoms with Gasteiger partial charge in [0, 0.05) is 94.0 Å². The van der Waals surface area contributed by atoms with E-state index in [1.54, 1.807) is 0 Å². The second kappa shape index (κ2) is 42.9. The molecule has 0 aliphatic heterocycles. The van der Waals surface area contributed by atoms with Crippen molar-refractivity contribution in [3.8, 4) is 0 Å². The van der Waals surface area contributed by atoms with Crippen molar-refractivity contribution in [3.63, 3.8) is 0 Å². The van der Waals surface area contributed by atoms with Crippen LogP contribution in [0, 0.1) is 59.2 Å². The predicted molar refractivity (Wildman–Crippen MR) is 259 cm³/mol. The van der Waals surface area contributed by atoms with Gasteiger partial charge in [-0.05, 0) is 55.3 Å². The number of rotatable bonds is 29. The normalized spacial score (nSPS) is 11.0. The molecule has 0 saturated heterocycles. The van der Waals surface area contributed by atoms with E-state index in [4.69, 9.17) is 4.74 Å². The summed E-state index contributed by atoms with van der Waals surface area (Å²) in [5, 5.41) is 0. The Kier molecular flexibility index (Phi) is 47.7. The maximum atomic E-state index is 11.2. The smallest absolute Gasteiger partial charge is 0.137 e. The van der Waals surface area contributed by atoms with Crippen LogP contribution in [-0.2, 0) is 38.3 Å². The van der Waals surface area contributed by atoms with Crippen LogP contribution < -0.4 is 0 Å². The molecule has 0 radical (unpaired) electrons. The molecule has 0 aromatic carbocycles. The Balaban J connectivity index is -0.000000215. The average molecular weight is 867 g/mol. The summed E-state index contributed by atoms with van der Waals surface area (Å²) in [5.41, 5.74) is 0. The van der Waals surface area contributed by atoms with E-state index in [9.17, 15) is 33.6 Å². The summed E-state index contributed by atoms with van der Waals surface area (Å²) in [7, 11) is 0. The monoisotopic (exact) mass is 867 g/mol. The van der Waals surface area contributed by atoms with E-state index in [1.807, 2.05) is 83.1 Å². The lowest BCUT2D eigenvalue weighted by atomic mass is 9.99. The van der Waals surface area contributed by atoms with Gasteiger partial charge in [-0.1, -0.05) is 145 Å². The van der Waals surface area contributed by atoms with Gasteiger partial charge in [0.25, 0.3) is 0 Å². The van der Waals surface area contributed by atoms with Gasteiger partial charge in [-0.25, -0.2) is 0 Å². The van der Waals surface area contributed by atoms with Gasteiger partial charge >= 0.3 is 0 Å². The first-order chi connectivity index (χ1) is 28.0. The summed E-state index contributed by atoms with van der Waals surface area (Å²) in [6.07, 6.45) is 10.8. The second-order valence-electron chi connectivity index (χ2n) is 20.5. The highest BCUT2D eigenvalue weighted by Gasteiger charge is 2.13. The molecule has 8 nitrogen and oxygen atoms in total. The fourth-order valence-corrected chi connectivity index (χ4v) is 5.07. The van der Waals surface area contributed by atoms with Crippen LogP contribution in [0.4, 0.5) is 0 Å². The second-order valence-corrected chi connectivity index (χ2v) is 20.5. The first-order valence-electron chi connectivity index (χ1n) is 24.2. The molecule has 0 unspecified atom stereocenters. The zero-order valence-electron chi connectivity index (χ0n) is 43.9. The number of Topliss-reactive ketones (excluding diaryl/α,β-unsaturated/α-hetero) is 7. The minimum atomic E-state index is 0.0602. The Labute approximate surface area is 378 Å². The maximum Gasteiger partial charge on any atom is 0.137 e. The van der Waals surface area contributed by atoms with Gasteiger partial charge in [0.1, 0.15) is 40.5 Å². The molecular weight excluding hydrogens is 765 g/mol. The Hall–Kier alpha value is -2.35. The fraction of sp³-hybridized carbons (Fsp3) is 0.868. The number of carbonyl (C=O) groups is 7. The van der Waals surface area contributed by atoms with Gasteiger partial charge in [0.15, 0.2) is 0 Å². The number of hydrogen-bond acceptors (Lipinski definition) is 8. The highest BCUT2D eigenvalue weighted by Crippen LogP contribution is 2.12. The molecule has 362 valence electrons. The first-order valence-corrected chi connectivity index (χ1v) is 24.2. The van der Waals surface area contributed by atoms with Crippen LogP contribution in [0.5, 0.6) is 0 Å². The first kappa shape index (κ1) is 67.7. The molecule has 0 heterocycles. The molecule has 8 heteroatoms. The van der Waals surface area contributed by atoms with Crippen LogP contribution in [0.15, 0.2) is 0 Å². The molecule has 0 amide bonds. The molecule has 0 fully saturated rings. The lowest BCUT2D eigenvalue weighted by molar-refractivity contribution is -0.127. The Morgan fingerprint density at radius 3 is 0.918 bits per heavy atom. The number of ketones is 7. The summed E-state index contributed by atoms with van der Waals surface area (Å²) in [6, 6.07) is 0. The van der Waals surface area contributed by atoms with Gasteiger partial charge in [-0.3, -0.25) is 33.6 Å². The molecule has 0 rings (SSSR count). The lowest BCUT2D eigenvalue weighted by Crippen LogP contribution is -2.12. The molecule has 0 saturated carbocycles. The molecule has 0 atom stereocenters. The van der Waals surface area contributed by atoms with E-state index in [0.29, 0.717) is 80.2 Å². The van der Waals surface area contributed by atoms with E-state index in [2.05, 4.69) is 55.4 Å². The van der Waals surface area contributed by atoms with Crippen LogP contribution in [0.2, 0.25) is 0 Å². The van der Waals surface area contributed by atoms with E-state index >= 15 is 0 Å². The largest absolute Gasteiger partial charge is 0.381 e. The quantitative estimate of drug-likeness (QED) is 0.0680. The SMILES string of the molecule is CC(C)C(=O)CCC(=O)C(C)C.CC(C)CC(=O)CCC(=O)C(C)C.CC(C)CCC(=O)C(C)C.CC(C)CCCC(=O)CC(C)C.CC(C)CCCOCCC(=O)C(C)C. The Morgan fingerprint density at radius 1 is 0.295 bits per heavy atom. The molecule has 0 spiro atoms. The van der Waals surface area contributed by atoms with Crippen molar-refractivity contribution in [3.05, 3.63) is 0 Å². The van der Waals surface area contributed by atoms with Gasteiger partial charge in [0.2, 0.25) is 0 Å². The molecular formula is C53H102O8. The number of ether oxygens (including phenoxy) is 1. The van der Waals surface area contributed by atoms with Crippen molar-refractivity contribution in [1.29, 1.82) is 0 Å². The summed E-state index contributed by atoms with van der Waals surface area (Å²) in [6.45, 7) is 41.7. The zero-order chi connectivity index (χ0) is 48.8. The molecule has 0 aliphatic carbocycles. The predicted octanol–water partition coefficient (Wildman–Crippen LogP) is 14.0. The van der Waals surface area contributed by atoms with Crippen molar-refractivity contribution in [2.75, 3.05) is 13.2 Å². The molecule has 0 aliphatic rings. The standard InChI is InChI=1S/C12H24O2.C11H20O2.C11H22O.C10H18O2.C9H18O/c1-10(2)6-5-8-14-9-7-12(13)11(3)4;1-8(2)7-10(12)5-6-11(13)9(3)4;1-9(2)6-5-7-11(12)8-10(3)4;1-7(2)9(11)5-6-10(12)8(3)4;1-7(2)5-6-9(10)8(3)4/h10-11H,5-9H2,1-4H3;8-9H,5-7H2,1-4H3;9-10H,5-8H2,1-4H3;7-8H,5-6H2,1-4H3;7-8H,5-6H2,1-4H3. The Morgan fingerprint density at radius 2 is 0.590 bits per heavy atom. The van der Waals surface area contributed by atoms with Gasteiger partial charge in [0.05, 0.1) is 6.61 Å². The van der Waals surface area contributed by atoms with E-state index in [0.717, 1.165) is 57.0 Å². The van der Waals surface area contributed by atoms with Crippen LogP contribution in [0.1, 0.15) is 228 Å². The lowest BCUT2D eigenvalue weighted by Gasteiger charge is -2.06. The van der Waals surface area contributed by atoms with Crippen LogP contribution in [0.25, 0.3) is 0 Å². The van der Waals surface area contributed by atoms with Crippen LogP contribution in [-0.4, -0.2) is 53.7 Å². The fourth-order valence-electron chi connectivity index (χ4n) is 5.07. The van der Waals surface area contributed by atoms with Gasteiger partial charge in [-0.2, -0.15) is 0 Å². The topological polar surface area (TPSA) is 129 Å². The van der Waals surface area contributed by atoms with Crippen molar-refractivity contribution in [2.45, 2.75) is 228 Å². The van der Waals surface area contributed by atoms with Crippen molar-refractivity contribution in [2.24, 2.45) is 59.2 Å². The van der Waals surface area contributed by atoms with E-state index in [-0.39, 0.29) is 52.7 Å². The van der Waals surface area contributed by atoms with Crippen molar-refractivity contribution >= 4 is 40.5 Å². The summed E-state index contributed by atoms with van der Waals surface area (Å²) < 4.78 is 5.38. The third-order valence-corrected chi connectivity index (χ3v) is 9.53. The molecule has 61 heavy (non-hydrogen) atoms. The minimum Gasteiger partial charge on any atom is -0.381 e. The summed E-state index contributed by atoms with van der Waals surface area (Å²) in [4.78, 5) is 78.1. The van der Waals surface area contributed by atoms with E-state index in [1.165, 1.54) is 12.8 Å². The Bertz CT molecular complexity index is 1120. The average Bonchev–Trinajstić information content (AvgIpc) is 3.12.